The number of fused-ring (bicyclic) bond motifs is 1. The minimum Gasteiger partial charge on any atom is -0.333 e. The molecule has 0 radical (unpaired) electrons. The van der Waals surface area contributed by atoms with Gasteiger partial charge in [-0.15, -0.1) is 0 Å². The number of nitrogens with one attached hydrogen (secondary N) is 1. The molecule has 22 heavy (non-hydrogen) atoms. The highest BCUT2D eigenvalue weighted by atomic mass is 16.2. The molecule has 0 bridgehead atoms. The highest BCUT2D eigenvalue weighted by molar-refractivity contribution is 5.92. The van der Waals surface area contributed by atoms with Crippen LogP contribution in [0.15, 0.2) is 29.3 Å². The van der Waals surface area contributed by atoms with Crippen LogP contribution in [-0.4, -0.2) is 37.1 Å². The second kappa shape index (κ2) is 5.75. The number of rotatable bonds is 2. The van der Waals surface area contributed by atoms with Crippen LogP contribution in [0.1, 0.15) is 42.6 Å². The van der Waals surface area contributed by atoms with Gasteiger partial charge in [-0.1, -0.05) is 13.8 Å². The Hall–Kier alpha value is -2.44. The normalized spacial score (nSPS) is 18.1. The van der Waals surface area contributed by atoms with E-state index in [1.54, 1.807) is 6.20 Å². The molecule has 0 saturated carbocycles. The summed E-state index contributed by atoms with van der Waals surface area (Å²) < 4.78 is 2.11. The van der Waals surface area contributed by atoms with Gasteiger partial charge in [-0.3, -0.25) is 9.59 Å². The number of hydrogen-bond acceptors (Lipinski definition) is 4. The standard InChI is InChI=1S/C15H19N5O2/c1-10(2)13-14-16-6-9-19(14)7-3-8-20(13)15(22)11-4-5-12(21)18-17-11/h4-6,9-10,13H,3,7-8H2,1-2H3,(H,18,21). The maximum atomic E-state index is 12.8. The van der Waals surface area contributed by atoms with E-state index in [0.29, 0.717) is 6.54 Å². The van der Waals surface area contributed by atoms with E-state index in [1.165, 1.54) is 12.1 Å². The van der Waals surface area contributed by atoms with Gasteiger partial charge in [0.2, 0.25) is 0 Å². The summed E-state index contributed by atoms with van der Waals surface area (Å²) in [4.78, 5) is 30.2. The molecule has 116 valence electrons. The molecule has 0 saturated heterocycles. The van der Waals surface area contributed by atoms with Crippen LogP contribution in [0, 0.1) is 5.92 Å². The van der Waals surface area contributed by atoms with Crippen molar-refractivity contribution in [3.05, 3.63) is 46.4 Å². The topological polar surface area (TPSA) is 83.9 Å². The van der Waals surface area contributed by atoms with Crippen molar-refractivity contribution >= 4 is 5.91 Å². The summed E-state index contributed by atoms with van der Waals surface area (Å²) in [5.41, 5.74) is -0.0615. The third kappa shape index (κ3) is 2.54. The number of hydrogen-bond donors (Lipinski definition) is 1. The Morgan fingerprint density at radius 2 is 2.18 bits per heavy atom. The molecule has 3 heterocycles. The first-order valence-electron chi connectivity index (χ1n) is 7.45. The van der Waals surface area contributed by atoms with Crippen LogP contribution in [0.3, 0.4) is 0 Å². The van der Waals surface area contributed by atoms with E-state index < -0.39 is 0 Å². The van der Waals surface area contributed by atoms with Crippen molar-refractivity contribution in [1.29, 1.82) is 0 Å². The maximum Gasteiger partial charge on any atom is 0.274 e. The van der Waals surface area contributed by atoms with Crippen molar-refractivity contribution in [2.45, 2.75) is 32.9 Å². The number of H-pyrrole nitrogens is 1. The predicted molar refractivity (Wildman–Crippen MR) is 80.3 cm³/mol. The molecule has 0 aliphatic carbocycles. The number of imidazole rings is 1. The average Bonchev–Trinajstić information content (AvgIpc) is 2.86. The van der Waals surface area contributed by atoms with Crippen LogP contribution < -0.4 is 5.56 Å². The van der Waals surface area contributed by atoms with Gasteiger partial charge < -0.3 is 9.47 Å². The largest absolute Gasteiger partial charge is 0.333 e. The third-order valence-electron chi connectivity index (χ3n) is 3.94. The molecule has 0 fully saturated rings. The van der Waals surface area contributed by atoms with Gasteiger partial charge in [-0.05, 0) is 18.4 Å². The third-order valence-corrected chi connectivity index (χ3v) is 3.94. The van der Waals surface area contributed by atoms with Crippen LogP contribution in [0.25, 0.3) is 0 Å². The Kier molecular flexibility index (Phi) is 3.79. The predicted octanol–water partition coefficient (Wildman–Crippen LogP) is 1.21. The summed E-state index contributed by atoms with van der Waals surface area (Å²) in [6.07, 6.45) is 4.59. The molecule has 1 atom stereocenters. The second-order valence-electron chi connectivity index (χ2n) is 5.83. The molecular formula is C15H19N5O2. The molecule has 2 aromatic heterocycles. The van der Waals surface area contributed by atoms with Crippen molar-refractivity contribution in [2.75, 3.05) is 6.54 Å². The Morgan fingerprint density at radius 3 is 2.86 bits per heavy atom. The van der Waals surface area contributed by atoms with Gasteiger partial charge >= 0.3 is 0 Å². The molecule has 1 amide bonds. The minimum atomic E-state index is -0.316. The molecule has 2 aromatic rings. The molecule has 0 aromatic carbocycles. The molecule has 7 heteroatoms. The fraction of sp³-hybridized carbons (Fsp3) is 0.467. The zero-order chi connectivity index (χ0) is 15.7. The Bertz CT molecular complexity index is 713. The SMILES string of the molecule is CC(C)C1c2nccn2CCCN1C(=O)c1ccc(=O)[nH]n1. The first-order chi connectivity index (χ1) is 10.6. The quantitative estimate of drug-likeness (QED) is 0.903. The molecule has 1 aliphatic heterocycles. The van der Waals surface area contributed by atoms with Crippen LogP contribution >= 0.6 is 0 Å². The highest BCUT2D eigenvalue weighted by Gasteiger charge is 2.33. The number of aryl methyl sites for hydroxylation is 1. The summed E-state index contributed by atoms with van der Waals surface area (Å²) in [7, 11) is 0. The van der Waals surface area contributed by atoms with Crippen LogP contribution in [0.2, 0.25) is 0 Å². The fourth-order valence-electron chi connectivity index (χ4n) is 2.96. The van der Waals surface area contributed by atoms with E-state index >= 15 is 0 Å². The van der Waals surface area contributed by atoms with Gasteiger partial charge in [-0.2, -0.15) is 5.10 Å². The first kappa shape index (κ1) is 14.5. The van der Waals surface area contributed by atoms with Crippen molar-refractivity contribution in [1.82, 2.24) is 24.6 Å². The second-order valence-corrected chi connectivity index (χ2v) is 5.83. The monoisotopic (exact) mass is 301 g/mol. The molecule has 1 unspecified atom stereocenters. The lowest BCUT2D eigenvalue weighted by Crippen LogP contribution is -2.38. The lowest BCUT2D eigenvalue weighted by atomic mass is 10.0. The molecule has 1 N–H and O–H groups in total. The summed E-state index contributed by atoms with van der Waals surface area (Å²) in [5, 5.41) is 6.19. The number of amides is 1. The van der Waals surface area contributed by atoms with Crippen molar-refractivity contribution in [3.8, 4) is 0 Å². The average molecular weight is 301 g/mol. The summed E-state index contributed by atoms with van der Waals surface area (Å²) in [6, 6.07) is 2.69. The Balaban J connectivity index is 1.99. The van der Waals surface area contributed by atoms with Gasteiger partial charge in [0.05, 0.1) is 6.04 Å². The van der Waals surface area contributed by atoms with E-state index in [1.807, 2.05) is 11.1 Å². The summed E-state index contributed by atoms with van der Waals surface area (Å²) in [5.74, 6) is 0.961. The molecule has 3 rings (SSSR count). The number of carbonyl (C=O) groups excluding carboxylic acids is 1. The van der Waals surface area contributed by atoms with Gasteiger partial charge in [0.1, 0.15) is 11.5 Å². The lowest BCUT2D eigenvalue weighted by Gasteiger charge is -2.31. The van der Waals surface area contributed by atoms with E-state index in [9.17, 15) is 9.59 Å². The van der Waals surface area contributed by atoms with Gasteiger partial charge in [0, 0.05) is 31.5 Å². The van der Waals surface area contributed by atoms with E-state index in [2.05, 4.69) is 33.6 Å². The summed E-state index contributed by atoms with van der Waals surface area (Å²) >= 11 is 0. The highest BCUT2D eigenvalue weighted by Crippen LogP contribution is 2.31. The van der Waals surface area contributed by atoms with Crippen molar-refractivity contribution in [3.63, 3.8) is 0 Å². The van der Waals surface area contributed by atoms with E-state index in [-0.39, 0.29) is 29.1 Å². The number of aromatic amines is 1. The van der Waals surface area contributed by atoms with Crippen LogP contribution in [0.4, 0.5) is 0 Å². The summed E-state index contributed by atoms with van der Waals surface area (Å²) in [6.45, 7) is 5.65. The fourth-order valence-corrected chi connectivity index (χ4v) is 2.96. The van der Waals surface area contributed by atoms with Crippen LogP contribution in [0.5, 0.6) is 0 Å². The Morgan fingerprint density at radius 1 is 1.36 bits per heavy atom. The van der Waals surface area contributed by atoms with Gasteiger partial charge in [-0.25, -0.2) is 10.1 Å². The zero-order valence-corrected chi connectivity index (χ0v) is 12.7. The van der Waals surface area contributed by atoms with Crippen molar-refractivity contribution in [2.24, 2.45) is 5.92 Å². The number of aromatic nitrogens is 4. The van der Waals surface area contributed by atoms with E-state index in [4.69, 9.17) is 0 Å². The first-order valence-corrected chi connectivity index (χ1v) is 7.45. The van der Waals surface area contributed by atoms with Gasteiger partial charge in [0.15, 0.2) is 0 Å². The number of carbonyl (C=O) groups is 1. The van der Waals surface area contributed by atoms with Crippen LogP contribution in [-0.2, 0) is 6.54 Å². The molecular weight excluding hydrogens is 282 g/mol. The van der Waals surface area contributed by atoms with Gasteiger partial charge in [0.25, 0.3) is 11.5 Å². The maximum absolute atomic E-state index is 12.8. The Labute approximate surface area is 128 Å². The zero-order valence-electron chi connectivity index (χ0n) is 12.7. The number of nitrogens with zero attached hydrogens (tertiary/aromatic N) is 4. The smallest absolute Gasteiger partial charge is 0.274 e. The molecule has 0 spiro atoms. The lowest BCUT2D eigenvalue weighted by molar-refractivity contribution is 0.0614. The van der Waals surface area contributed by atoms with Crippen molar-refractivity contribution < 1.29 is 4.79 Å². The molecule has 7 nitrogen and oxygen atoms in total. The van der Waals surface area contributed by atoms with E-state index in [0.717, 1.165) is 18.8 Å². The minimum absolute atomic E-state index is 0.0984. The molecule has 1 aliphatic rings.